The summed E-state index contributed by atoms with van der Waals surface area (Å²) in [5.74, 6) is 2.70. The molecule has 4 nitrogen and oxygen atoms in total. The van der Waals surface area contributed by atoms with E-state index in [2.05, 4.69) is 21.1 Å². The molecule has 7 heteroatoms. The van der Waals surface area contributed by atoms with E-state index in [9.17, 15) is 4.79 Å². The van der Waals surface area contributed by atoms with Crippen molar-refractivity contribution in [3.05, 3.63) is 44.9 Å². The number of hydrogen-bond acceptors (Lipinski definition) is 4. The first-order chi connectivity index (χ1) is 12.6. The highest BCUT2D eigenvalue weighted by atomic mass is 35.5. The van der Waals surface area contributed by atoms with E-state index in [0.29, 0.717) is 28.1 Å². The first kappa shape index (κ1) is 19.2. The van der Waals surface area contributed by atoms with Gasteiger partial charge in [0.25, 0.3) is 0 Å². The summed E-state index contributed by atoms with van der Waals surface area (Å²) in [5.41, 5.74) is 0.946. The minimum Gasteiger partial charge on any atom is -0.302 e. The van der Waals surface area contributed by atoms with Gasteiger partial charge in [-0.15, -0.1) is 17.8 Å². The average Bonchev–Trinajstić information content (AvgIpc) is 3.07. The average molecular weight is 408 g/mol. The van der Waals surface area contributed by atoms with Crippen molar-refractivity contribution in [3.8, 4) is 12.3 Å². The maximum atomic E-state index is 12.5. The van der Waals surface area contributed by atoms with Crippen LogP contribution in [-0.4, -0.2) is 35.4 Å². The summed E-state index contributed by atoms with van der Waals surface area (Å²) in [5, 5.41) is 4.66. The molecule has 0 saturated carbocycles. The van der Waals surface area contributed by atoms with E-state index >= 15 is 0 Å². The van der Waals surface area contributed by atoms with Crippen molar-refractivity contribution in [2.45, 2.75) is 19.3 Å². The lowest BCUT2D eigenvalue weighted by atomic mass is 9.96. The van der Waals surface area contributed by atoms with Crippen LogP contribution in [0.25, 0.3) is 0 Å². The number of aromatic nitrogens is 1. The number of rotatable bonds is 5. The number of terminal acetylenes is 1. The first-order valence-corrected chi connectivity index (χ1v) is 9.98. The number of amides is 1. The molecule has 26 heavy (non-hydrogen) atoms. The lowest BCUT2D eigenvalue weighted by Gasteiger charge is -2.29. The predicted molar refractivity (Wildman–Crippen MR) is 108 cm³/mol. The molecule has 136 valence electrons. The maximum absolute atomic E-state index is 12.5. The third-order valence-corrected chi connectivity index (χ3v) is 6.22. The molecule has 1 amide bonds. The number of anilines is 1. The Bertz CT molecular complexity index is 822. The fourth-order valence-corrected chi connectivity index (χ4v) is 4.23. The van der Waals surface area contributed by atoms with Gasteiger partial charge in [0.2, 0.25) is 5.91 Å². The summed E-state index contributed by atoms with van der Waals surface area (Å²) in [6.07, 6.45) is 9.39. The standard InChI is InChI=1S/C19H19Cl2N3OS/c1-2-8-24-9-6-13(7-10-24)18(25)23-19-22-12-15(26-19)11-14-4-3-5-16(20)17(14)21/h1,3-5,12-13H,6-11H2,(H,22,23,25). The molecule has 1 fully saturated rings. The van der Waals surface area contributed by atoms with Gasteiger partial charge in [0.1, 0.15) is 0 Å². The number of halogens is 2. The molecule has 0 atom stereocenters. The predicted octanol–water partition coefficient (Wildman–Crippen LogP) is 4.32. The van der Waals surface area contributed by atoms with Gasteiger partial charge < -0.3 is 5.32 Å². The zero-order valence-corrected chi connectivity index (χ0v) is 16.5. The van der Waals surface area contributed by atoms with Crippen molar-refractivity contribution >= 4 is 45.6 Å². The number of carbonyl (C=O) groups is 1. The van der Waals surface area contributed by atoms with Crippen LogP contribution in [0, 0.1) is 18.3 Å². The SMILES string of the molecule is C#CCN1CCC(C(=O)Nc2ncc(Cc3cccc(Cl)c3Cl)s2)CC1. The molecule has 0 unspecified atom stereocenters. The van der Waals surface area contributed by atoms with E-state index in [1.807, 2.05) is 12.1 Å². The number of carbonyl (C=O) groups excluding carboxylic acids is 1. The van der Waals surface area contributed by atoms with E-state index < -0.39 is 0 Å². The minimum absolute atomic E-state index is 0.0127. The minimum atomic E-state index is 0.0127. The lowest BCUT2D eigenvalue weighted by Crippen LogP contribution is -2.38. The van der Waals surface area contributed by atoms with Gasteiger partial charge in [0.15, 0.2) is 5.13 Å². The van der Waals surface area contributed by atoms with Crippen molar-refractivity contribution in [2.75, 3.05) is 25.0 Å². The highest BCUT2D eigenvalue weighted by Crippen LogP contribution is 2.30. The Balaban J connectivity index is 1.56. The Morgan fingerprint density at radius 3 is 2.88 bits per heavy atom. The van der Waals surface area contributed by atoms with Crippen molar-refractivity contribution in [3.63, 3.8) is 0 Å². The van der Waals surface area contributed by atoms with Gasteiger partial charge in [-0.1, -0.05) is 41.3 Å². The Labute approximate surface area is 167 Å². The molecule has 0 spiro atoms. The topological polar surface area (TPSA) is 45.2 Å². The van der Waals surface area contributed by atoms with Crippen LogP contribution in [0.15, 0.2) is 24.4 Å². The van der Waals surface area contributed by atoms with Gasteiger partial charge in [-0.25, -0.2) is 4.98 Å². The molecule has 1 aromatic heterocycles. The fraction of sp³-hybridized carbons (Fsp3) is 0.368. The molecule has 2 heterocycles. The normalized spacial score (nSPS) is 15.6. The van der Waals surface area contributed by atoms with Crippen molar-refractivity contribution in [2.24, 2.45) is 5.92 Å². The molecule has 1 aromatic carbocycles. The van der Waals surface area contributed by atoms with Crippen LogP contribution in [0.1, 0.15) is 23.3 Å². The second-order valence-corrected chi connectivity index (χ2v) is 8.17. The third kappa shape index (κ3) is 4.77. The Hall–Kier alpha value is -1.58. The first-order valence-electron chi connectivity index (χ1n) is 8.41. The molecule has 1 aliphatic rings. The van der Waals surface area contributed by atoms with Crippen LogP contribution in [0.2, 0.25) is 10.0 Å². The monoisotopic (exact) mass is 407 g/mol. The quantitative estimate of drug-likeness (QED) is 0.750. The number of thiazole rings is 1. The largest absolute Gasteiger partial charge is 0.302 e. The zero-order chi connectivity index (χ0) is 18.5. The van der Waals surface area contributed by atoms with Gasteiger partial charge in [0, 0.05) is 23.4 Å². The Morgan fingerprint density at radius 1 is 1.38 bits per heavy atom. The van der Waals surface area contributed by atoms with Crippen LogP contribution in [0.3, 0.4) is 0 Å². The molecule has 1 aliphatic heterocycles. The Kier molecular flexibility index (Phi) is 6.55. The number of likely N-dealkylation sites (tertiary alicyclic amines) is 1. The van der Waals surface area contributed by atoms with Crippen LogP contribution in [-0.2, 0) is 11.2 Å². The molecular formula is C19H19Cl2N3OS. The molecular weight excluding hydrogens is 389 g/mol. The maximum Gasteiger partial charge on any atom is 0.229 e. The lowest BCUT2D eigenvalue weighted by molar-refractivity contribution is -0.121. The summed E-state index contributed by atoms with van der Waals surface area (Å²) in [6.45, 7) is 2.37. The van der Waals surface area contributed by atoms with Crippen molar-refractivity contribution in [1.82, 2.24) is 9.88 Å². The van der Waals surface area contributed by atoms with E-state index in [4.69, 9.17) is 29.6 Å². The third-order valence-electron chi connectivity index (χ3n) is 4.45. The van der Waals surface area contributed by atoms with Crippen molar-refractivity contribution in [1.29, 1.82) is 0 Å². The summed E-state index contributed by atoms with van der Waals surface area (Å²) in [6, 6.07) is 5.58. The van der Waals surface area contributed by atoms with E-state index in [1.165, 1.54) is 11.3 Å². The number of benzene rings is 1. The molecule has 2 aromatic rings. The van der Waals surface area contributed by atoms with Crippen LogP contribution < -0.4 is 5.32 Å². The second-order valence-electron chi connectivity index (χ2n) is 6.27. The second kappa shape index (κ2) is 8.88. The summed E-state index contributed by atoms with van der Waals surface area (Å²) in [4.78, 5) is 20.0. The van der Waals surface area contributed by atoms with Crippen LogP contribution >= 0.6 is 34.5 Å². The van der Waals surface area contributed by atoms with Crippen LogP contribution in [0.5, 0.6) is 0 Å². The Morgan fingerprint density at radius 2 is 2.15 bits per heavy atom. The summed E-state index contributed by atoms with van der Waals surface area (Å²) in [7, 11) is 0. The van der Waals surface area contributed by atoms with E-state index in [1.54, 1.807) is 12.3 Å². The van der Waals surface area contributed by atoms with Crippen molar-refractivity contribution < 1.29 is 4.79 Å². The van der Waals surface area contributed by atoms with E-state index in [0.717, 1.165) is 36.4 Å². The van der Waals surface area contributed by atoms with Gasteiger partial charge in [-0.05, 0) is 37.6 Å². The number of hydrogen-bond donors (Lipinski definition) is 1. The molecule has 1 saturated heterocycles. The molecule has 0 bridgehead atoms. The van der Waals surface area contributed by atoms with Gasteiger partial charge in [-0.3, -0.25) is 9.69 Å². The molecule has 3 rings (SSSR count). The summed E-state index contributed by atoms with van der Waals surface area (Å²) < 4.78 is 0. The van der Waals surface area contributed by atoms with Gasteiger partial charge in [-0.2, -0.15) is 0 Å². The highest BCUT2D eigenvalue weighted by molar-refractivity contribution is 7.15. The number of nitrogens with zero attached hydrogens (tertiary/aromatic N) is 2. The fourth-order valence-electron chi connectivity index (χ4n) is 3.01. The van der Waals surface area contributed by atoms with Gasteiger partial charge >= 0.3 is 0 Å². The highest BCUT2D eigenvalue weighted by Gasteiger charge is 2.25. The number of nitrogens with one attached hydrogen (secondary N) is 1. The molecule has 1 N–H and O–H groups in total. The van der Waals surface area contributed by atoms with Crippen LogP contribution in [0.4, 0.5) is 5.13 Å². The molecule has 0 aliphatic carbocycles. The summed E-state index contributed by atoms with van der Waals surface area (Å²) >= 11 is 13.8. The molecule has 0 radical (unpaired) electrons. The van der Waals surface area contributed by atoms with Gasteiger partial charge in [0.05, 0.1) is 16.6 Å². The zero-order valence-electron chi connectivity index (χ0n) is 14.2. The van der Waals surface area contributed by atoms with E-state index in [-0.39, 0.29) is 11.8 Å². The number of piperidine rings is 1. The smallest absolute Gasteiger partial charge is 0.229 e.